The minimum Gasteiger partial charge on any atom is -0.496 e. The Bertz CT molecular complexity index is 1280. The van der Waals surface area contributed by atoms with Crippen molar-refractivity contribution in [3.8, 4) is 5.75 Å². The number of rotatable bonds is 13. The molecule has 214 valence electrons. The van der Waals surface area contributed by atoms with Crippen molar-refractivity contribution < 1.29 is 13.9 Å². The lowest BCUT2D eigenvalue weighted by molar-refractivity contribution is 0.100. The van der Waals surface area contributed by atoms with Gasteiger partial charge in [0.15, 0.2) is 0 Å². The standard InChI is InChI=1S/C32H40BrFN4O2/c1-5-37(6-2)21-11-12-23(3)38(26-13-8-7-9-14-26)32(35)36-31(39)28-15-10-16-29(34)27(28)19-17-24-22-25(33)18-20-30(24)40-4/h7-10,13-16,18,20,22-23H,5-6,11-12,17,19,21H2,1-4H3,(H2,35,36,39). The highest BCUT2D eigenvalue weighted by Crippen LogP contribution is 2.26. The van der Waals surface area contributed by atoms with Crippen LogP contribution < -0.4 is 15.4 Å². The average Bonchev–Trinajstić information content (AvgIpc) is 2.95. The van der Waals surface area contributed by atoms with Gasteiger partial charge < -0.3 is 20.3 Å². The maximum Gasteiger partial charge on any atom is 0.280 e. The predicted octanol–water partition coefficient (Wildman–Crippen LogP) is 6.85. The molecule has 3 rings (SSSR count). The van der Waals surface area contributed by atoms with E-state index < -0.39 is 11.7 Å². The van der Waals surface area contributed by atoms with Gasteiger partial charge in [-0.1, -0.05) is 54.0 Å². The van der Waals surface area contributed by atoms with E-state index in [0.717, 1.165) is 48.2 Å². The van der Waals surface area contributed by atoms with Crippen LogP contribution >= 0.6 is 15.9 Å². The zero-order valence-corrected chi connectivity index (χ0v) is 25.5. The van der Waals surface area contributed by atoms with Crippen LogP contribution in [-0.2, 0) is 12.8 Å². The van der Waals surface area contributed by atoms with Crippen molar-refractivity contribution in [2.75, 3.05) is 31.6 Å². The summed E-state index contributed by atoms with van der Waals surface area (Å²) in [5.74, 6) is -0.207. The van der Waals surface area contributed by atoms with Gasteiger partial charge in [0.25, 0.3) is 5.91 Å². The third kappa shape index (κ3) is 8.38. The van der Waals surface area contributed by atoms with Gasteiger partial charge in [-0.2, -0.15) is 4.99 Å². The van der Waals surface area contributed by atoms with Crippen molar-refractivity contribution in [2.24, 2.45) is 10.7 Å². The molecular weight excluding hydrogens is 571 g/mol. The maximum absolute atomic E-state index is 15.0. The van der Waals surface area contributed by atoms with E-state index in [0.29, 0.717) is 24.2 Å². The van der Waals surface area contributed by atoms with Crippen LogP contribution in [0.2, 0.25) is 0 Å². The molecule has 0 bridgehead atoms. The SMILES string of the molecule is CCN(CC)CCCC(C)N(C(N)=NC(=O)c1cccc(F)c1CCc1cc(Br)ccc1OC)c1ccccc1. The summed E-state index contributed by atoms with van der Waals surface area (Å²) < 4.78 is 21.4. The van der Waals surface area contributed by atoms with Gasteiger partial charge in [-0.05, 0) is 100 Å². The number of hydrogen-bond donors (Lipinski definition) is 1. The predicted molar refractivity (Wildman–Crippen MR) is 166 cm³/mol. The van der Waals surface area contributed by atoms with Gasteiger partial charge in [-0.15, -0.1) is 0 Å². The number of aryl methyl sites for hydroxylation is 1. The Kier molecular flexibility index (Phi) is 12.2. The Morgan fingerprint density at radius 3 is 2.45 bits per heavy atom. The van der Waals surface area contributed by atoms with Crippen molar-refractivity contribution in [1.82, 2.24) is 4.90 Å². The summed E-state index contributed by atoms with van der Waals surface area (Å²) >= 11 is 3.48. The molecule has 1 amide bonds. The molecule has 3 aromatic carbocycles. The number of aliphatic imine (C=N–C) groups is 1. The van der Waals surface area contributed by atoms with Crippen LogP contribution in [0.15, 0.2) is 76.2 Å². The van der Waals surface area contributed by atoms with Crippen molar-refractivity contribution in [3.63, 3.8) is 0 Å². The Morgan fingerprint density at radius 1 is 1.05 bits per heavy atom. The number of anilines is 1. The normalized spacial score (nSPS) is 12.4. The Labute approximate surface area is 246 Å². The molecule has 0 aliphatic heterocycles. The summed E-state index contributed by atoms with van der Waals surface area (Å²) in [5.41, 5.74) is 8.79. The molecular formula is C32H40BrFN4O2. The van der Waals surface area contributed by atoms with Crippen LogP contribution in [0.1, 0.15) is 55.1 Å². The number of nitrogens with zero attached hydrogens (tertiary/aromatic N) is 3. The molecule has 1 atom stereocenters. The monoisotopic (exact) mass is 610 g/mol. The largest absolute Gasteiger partial charge is 0.496 e. The van der Waals surface area contributed by atoms with E-state index in [1.54, 1.807) is 13.2 Å². The first-order valence-corrected chi connectivity index (χ1v) is 14.6. The number of halogens is 2. The van der Waals surface area contributed by atoms with Crippen LogP contribution in [-0.4, -0.2) is 49.6 Å². The maximum atomic E-state index is 15.0. The van der Waals surface area contributed by atoms with Crippen LogP contribution in [0.25, 0.3) is 0 Å². The first kappa shape index (κ1) is 31.3. The van der Waals surface area contributed by atoms with Crippen LogP contribution in [0, 0.1) is 5.82 Å². The van der Waals surface area contributed by atoms with E-state index in [4.69, 9.17) is 10.5 Å². The van der Waals surface area contributed by atoms with Gasteiger partial charge >= 0.3 is 0 Å². The summed E-state index contributed by atoms with van der Waals surface area (Å²) in [4.78, 5) is 22.0. The van der Waals surface area contributed by atoms with Gasteiger partial charge in [-0.3, -0.25) is 4.79 Å². The number of carbonyl (C=O) groups excluding carboxylic acids is 1. The molecule has 3 aromatic rings. The van der Waals surface area contributed by atoms with Crippen molar-refractivity contribution in [2.45, 2.75) is 52.5 Å². The topological polar surface area (TPSA) is 71.2 Å². The molecule has 0 saturated heterocycles. The Hall–Kier alpha value is -3.23. The molecule has 8 heteroatoms. The van der Waals surface area contributed by atoms with Gasteiger partial charge in [0, 0.05) is 27.3 Å². The molecule has 40 heavy (non-hydrogen) atoms. The molecule has 0 radical (unpaired) electrons. The van der Waals surface area contributed by atoms with Crippen molar-refractivity contribution >= 4 is 33.5 Å². The first-order chi connectivity index (χ1) is 19.3. The molecule has 2 N–H and O–H groups in total. The second-order valence-electron chi connectivity index (χ2n) is 9.72. The quantitative estimate of drug-likeness (QED) is 0.169. The third-order valence-electron chi connectivity index (χ3n) is 7.16. The van der Waals surface area contributed by atoms with Gasteiger partial charge in [-0.25, -0.2) is 4.39 Å². The number of para-hydroxylation sites is 1. The first-order valence-electron chi connectivity index (χ1n) is 13.8. The fourth-order valence-corrected chi connectivity index (χ4v) is 5.32. The number of hydrogen-bond acceptors (Lipinski definition) is 3. The van der Waals surface area contributed by atoms with E-state index in [-0.39, 0.29) is 17.6 Å². The summed E-state index contributed by atoms with van der Waals surface area (Å²) in [6, 6.07) is 19.9. The lowest BCUT2D eigenvalue weighted by Gasteiger charge is -2.31. The number of nitrogens with two attached hydrogens (primary N) is 1. The van der Waals surface area contributed by atoms with Gasteiger partial charge in [0.05, 0.1) is 7.11 Å². The molecule has 0 heterocycles. The number of methoxy groups -OCH3 is 1. The van der Waals surface area contributed by atoms with Gasteiger partial charge in [0.1, 0.15) is 11.6 Å². The molecule has 0 fully saturated rings. The highest BCUT2D eigenvalue weighted by Gasteiger charge is 2.22. The lowest BCUT2D eigenvalue weighted by Crippen LogP contribution is -2.44. The minimum absolute atomic E-state index is 0.00508. The molecule has 6 nitrogen and oxygen atoms in total. The number of ether oxygens (including phenoxy) is 1. The zero-order valence-electron chi connectivity index (χ0n) is 23.9. The van der Waals surface area contributed by atoms with Crippen molar-refractivity contribution in [3.05, 3.63) is 93.7 Å². The lowest BCUT2D eigenvalue weighted by atomic mass is 9.98. The van der Waals surface area contributed by atoms with E-state index >= 15 is 4.39 Å². The highest BCUT2D eigenvalue weighted by atomic mass is 79.9. The smallest absolute Gasteiger partial charge is 0.280 e. The summed E-state index contributed by atoms with van der Waals surface area (Å²) in [5, 5.41) is 0. The second kappa shape index (κ2) is 15.5. The summed E-state index contributed by atoms with van der Waals surface area (Å²) in [6.45, 7) is 9.42. The van der Waals surface area contributed by atoms with Crippen LogP contribution in [0.3, 0.4) is 0 Å². The highest BCUT2D eigenvalue weighted by molar-refractivity contribution is 9.10. The number of amides is 1. The fraction of sp³-hybridized carbons (Fsp3) is 0.375. The average molecular weight is 612 g/mol. The molecule has 0 spiro atoms. The number of benzene rings is 3. The number of carbonyl (C=O) groups is 1. The molecule has 0 aromatic heterocycles. The van der Waals surface area contributed by atoms with Crippen LogP contribution in [0.5, 0.6) is 5.75 Å². The van der Waals surface area contributed by atoms with Gasteiger partial charge in [0.2, 0.25) is 5.96 Å². The Balaban J connectivity index is 1.86. The van der Waals surface area contributed by atoms with E-state index in [2.05, 4.69) is 46.6 Å². The molecule has 0 aliphatic rings. The van der Waals surface area contributed by atoms with E-state index in [1.165, 1.54) is 12.1 Å². The summed E-state index contributed by atoms with van der Waals surface area (Å²) in [6.07, 6.45) is 2.65. The summed E-state index contributed by atoms with van der Waals surface area (Å²) in [7, 11) is 1.60. The van der Waals surface area contributed by atoms with Crippen LogP contribution in [0.4, 0.5) is 10.1 Å². The third-order valence-corrected chi connectivity index (χ3v) is 7.66. The number of guanidine groups is 1. The molecule has 0 aliphatic carbocycles. The van der Waals surface area contributed by atoms with E-state index in [1.807, 2.05) is 53.4 Å². The van der Waals surface area contributed by atoms with Crippen molar-refractivity contribution in [1.29, 1.82) is 0 Å². The van der Waals surface area contributed by atoms with E-state index in [9.17, 15) is 4.79 Å². The minimum atomic E-state index is -0.565. The molecule has 0 saturated carbocycles. The molecule has 1 unspecified atom stereocenters. The second-order valence-corrected chi connectivity index (χ2v) is 10.6. The Morgan fingerprint density at radius 2 is 1.77 bits per heavy atom. The zero-order chi connectivity index (χ0) is 29.1. The fourth-order valence-electron chi connectivity index (χ4n) is 4.91.